The summed E-state index contributed by atoms with van der Waals surface area (Å²) in [4.78, 5) is 25.5. The normalized spacial score (nSPS) is 10.7. The second-order valence-electron chi connectivity index (χ2n) is 8.62. The van der Waals surface area contributed by atoms with Crippen molar-refractivity contribution in [1.29, 1.82) is 0 Å². The lowest BCUT2D eigenvalue weighted by Gasteiger charge is -2.15. The summed E-state index contributed by atoms with van der Waals surface area (Å²) in [6, 6.07) is 16.5. The number of aryl methyl sites for hydroxylation is 2. The van der Waals surface area contributed by atoms with Crippen LogP contribution in [0, 0.1) is 19.7 Å². The van der Waals surface area contributed by atoms with Gasteiger partial charge in [0.2, 0.25) is 5.91 Å². The molecule has 2 amide bonds. The molecule has 4 aromatic rings. The van der Waals surface area contributed by atoms with Crippen molar-refractivity contribution in [3.05, 3.63) is 89.0 Å². The number of anilines is 1. The van der Waals surface area contributed by atoms with Crippen molar-refractivity contribution in [2.45, 2.75) is 25.5 Å². The number of nitrogens with zero attached hydrogens (tertiary/aromatic N) is 3. The van der Waals surface area contributed by atoms with Crippen LogP contribution in [0.3, 0.4) is 0 Å². The predicted octanol–water partition coefficient (Wildman–Crippen LogP) is 4.70. The first-order chi connectivity index (χ1) is 18.8. The average molecular weight is 550 g/mol. The highest BCUT2D eigenvalue weighted by Crippen LogP contribution is 2.32. The molecule has 202 valence electrons. The predicted molar refractivity (Wildman–Crippen MR) is 147 cm³/mol. The number of thioether (sulfide) groups is 1. The molecule has 0 aliphatic rings. The molecule has 1 aromatic heterocycles. The van der Waals surface area contributed by atoms with Crippen LogP contribution < -0.4 is 20.1 Å². The molecule has 0 fully saturated rings. The van der Waals surface area contributed by atoms with Gasteiger partial charge in [-0.3, -0.25) is 14.2 Å². The topological polar surface area (TPSA) is 107 Å². The molecule has 0 saturated carbocycles. The number of rotatable bonds is 10. The highest BCUT2D eigenvalue weighted by molar-refractivity contribution is 7.99. The van der Waals surface area contributed by atoms with Crippen LogP contribution in [0.1, 0.15) is 27.3 Å². The van der Waals surface area contributed by atoms with Gasteiger partial charge < -0.3 is 20.1 Å². The monoisotopic (exact) mass is 549 g/mol. The Morgan fingerprint density at radius 3 is 2.56 bits per heavy atom. The summed E-state index contributed by atoms with van der Waals surface area (Å²) in [5.74, 6) is 0.333. The minimum Gasteiger partial charge on any atom is -0.497 e. The van der Waals surface area contributed by atoms with E-state index in [-0.39, 0.29) is 23.8 Å². The van der Waals surface area contributed by atoms with Gasteiger partial charge in [0.25, 0.3) is 5.91 Å². The highest BCUT2D eigenvalue weighted by Gasteiger charge is 2.20. The number of ether oxygens (including phenoxy) is 2. The Balaban J connectivity index is 1.60. The third-order valence-corrected chi connectivity index (χ3v) is 6.75. The van der Waals surface area contributed by atoms with Crippen molar-refractivity contribution in [2.24, 2.45) is 0 Å². The Bertz CT molecular complexity index is 1510. The Morgan fingerprint density at radius 1 is 1.00 bits per heavy atom. The summed E-state index contributed by atoms with van der Waals surface area (Å²) in [5.41, 5.74) is 3.49. The number of hydrogen-bond donors (Lipinski definition) is 2. The lowest BCUT2D eigenvalue weighted by atomic mass is 10.1. The van der Waals surface area contributed by atoms with Gasteiger partial charge in [0, 0.05) is 17.3 Å². The summed E-state index contributed by atoms with van der Waals surface area (Å²) >= 11 is 1.18. The fraction of sp³-hybridized carbons (Fsp3) is 0.214. The van der Waals surface area contributed by atoms with Crippen LogP contribution >= 0.6 is 11.8 Å². The van der Waals surface area contributed by atoms with E-state index in [1.54, 1.807) is 29.9 Å². The first kappa shape index (κ1) is 27.6. The highest BCUT2D eigenvalue weighted by atomic mass is 32.2. The van der Waals surface area contributed by atoms with Crippen LogP contribution in [-0.2, 0) is 11.3 Å². The molecular formula is C28H28FN5O4S. The van der Waals surface area contributed by atoms with Crippen LogP contribution in [-0.4, -0.2) is 46.6 Å². The Hall–Kier alpha value is -4.38. The third-order valence-electron chi connectivity index (χ3n) is 5.82. The van der Waals surface area contributed by atoms with E-state index in [2.05, 4.69) is 20.8 Å². The van der Waals surface area contributed by atoms with Crippen molar-refractivity contribution in [3.63, 3.8) is 0 Å². The SMILES string of the molecule is COc1ccc(OC)c(-n2c(CNC(=O)c3cccc(F)c3)nnc2SCC(=O)Nc2cc(C)ccc2C)c1. The molecule has 9 nitrogen and oxygen atoms in total. The van der Waals surface area contributed by atoms with E-state index >= 15 is 0 Å². The summed E-state index contributed by atoms with van der Waals surface area (Å²) in [5, 5.41) is 14.7. The quantitative estimate of drug-likeness (QED) is 0.276. The fourth-order valence-corrected chi connectivity index (χ4v) is 4.56. The van der Waals surface area contributed by atoms with Crippen molar-refractivity contribution in [1.82, 2.24) is 20.1 Å². The first-order valence-corrected chi connectivity index (χ1v) is 13.0. The molecule has 0 unspecified atom stereocenters. The largest absolute Gasteiger partial charge is 0.497 e. The molecule has 0 aliphatic carbocycles. The number of methoxy groups -OCH3 is 2. The summed E-state index contributed by atoms with van der Waals surface area (Å²) < 4.78 is 26.3. The van der Waals surface area contributed by atoms with Crippen LogP contribution in [0.5, 0.6) is 11.5 Å². The third kappa shape index (κ3) is 6.74. The zero-order valence-corrected chi connectivity index (χ0v) is 22.8. The minimum atomic E-state index is -0.509. The Morgan fingerprint density at radius 2 is 1.82 bits per heavy atom. The Labute approximate surface area is 229 Å². The van der Waals surface area contributed by atoms with E-state index in [4.69, 9.17) is 9.47 Å². The maximum absolute atomic E-state index is 13.6. The number of benzene rings is 3. The van der Waals surface area contributed by atoms with Crippen molar-refractivity contribution in [2.75, 3.05) is 25.3 Å². The number of carbonyl (C=O) groups excluding carboxylic acids is 2. The lowest BCUT2D eigenvalue weighted by molar-refractivity contribution is -0.113. The van der Waals surface area contributed by atoms with Gasteiger partial charge in [-0.15, -0.1) is 10.2 Å². The minimum absolute atomic E-state index is 0.0159. The van der Waals surface area contributed by atoms with Crippen LogP contribution in [0.25, 0.3) is 5.69 Å². The number of hydrogen-bond acceptors (Lipinski definition) is 7. The van der Waals surface area contributed by atoms with Crippen LogP contribution in [0.2, 0.25) is 0 Å². The van der Waals surface area contributed by atoms with Crippen molar-refractivity contribution < 1.29 is 23.5 Å². The second-order valence-corrected chi connectivity index (χ2v) is 9.56. The summed E-state index contributed by atoms with van der Waals surface area (Å²) in [6.45, 7) is 3.87. The molecule has 0 atom stereocenters. The van der Waals surface area contributed by atoms with Gasteiger partial charge in [-0.1, -0.05) is 30.0 Å². The van der Waals surface area contributed by atoms with E-state index in [0.29, 0.717) is 28.2 Å². The maximum atomic E-state index is 13.6. The van der Waals surface area contributed by atoms with Crippen LogP contribution in [0.4, 0.5) is 10.1 Å². The molecule has 0 radical (unpaired) electrons. The maximum Gasteiger partial charge on any atom is 0.251 e. The molecule has 11 heteroatoms. The lowest BCUT2D eigenvalue weighted by Crippen LogP contribution is -2.25. The van der Waals surface area contributed by atoms with Gasteiger partial charge in [0.1, 0.15) is 17.3 Å². The van der Waals surface area contributed by atoms with Gasteiger partial charge in [-0.2, -0.15) is 0 Å². The van der Waals surface area contributed by atoms with E-state index < -0.39 is 11.7 Å². The molecule has 4 rings (SSSR count). The summed E-state index contributed by atoms with van der Waals surface area (Å²) in [7, 11) is 3.08. The van der Waals surface area contributed by atoms with E-state index in [1.165, 1.54) is 37.1 Å². The van der Waals surface area contributed by atoms with Crippen LogP contribution in [0.15, 0.2) is 65.8 Å². The molecule has 0 aliphatic heterocycles. The van der Waals surface area contributed by atoms with Crippen molar-refractivity contribution in [3.8, 4) is 17.2 Å². The molecule has 0 spiro atoms. The van der Waals surface area contributed by atoms with E-state index in [0.717, 1.165) is 22.9 Å². The van der Waals surface area contributed by atoms with Crippen molar-refractivity contribution >= 4 is 29.3 Å². The molecule has 0 saturated heterocycles. The zero-order valence-electron chi connectivity index (χ0n) is 21.9. The van der Waals surface area contributed by atoms with E-state index in [9.17, 15) is 14.0 Å². The number of aromatic nitrogens is 3. The first-order valence-electron chi connectivity index (χ1n) is 12.0. The Kier molecular flexibility index (Phi) is 8.82. The van der Waals surface area contributed by atoms with Gasteiger partial charge in [0.15, 0.2) is 11.0 Å². The standard InChI is InChI=1S/C28H28FN5O4S/c1-17-8-9-18(2)22(12-17)31-26(35)16-39-28-33-32-25(15-30-27(36)19-6-5-7-20(29)13-19)34(28)23-14-21(37-3)10-11-24(23)38-4/h5-14H,15-16H2,1-4H3,(H,30,36)(H,31,35). The molecule has 2 N–H and O–H groups in total. The van der Waals surface area contributed by atoms with Gasteiger partial charge in [-0.05, 0) is 61.4 Å². The van der Waals surface area contributed by atoms with Gasteiger partial charge in [0.05, 0.1) is 32.2 Å². The molecular weight excluding hydrogens is 521 g/mol. The zero-order chi connectivity index (χ0) is 27.9. The van der Waals surface area contributed by atoms with Gasteiger partial charge >= 0.3 is 0 Å². The molecule has 3 aromatic carbocycles. The van der Waals surface area contributed by atoms with Gasteiger partial charge in [-0.25, -0.2) is 4.39 Å². The average Bonchev–Trinajstić information content (AvgIpc) is 3.34. The molecule has 39 heavy (non-hydrogen) atoms. The smallest absolute Gasteiger partial charge is 0.251 e. The second kappa shape index (κ2) is 12.4. The number of carbonyl (C=O) groups is 2. The molecule has 0 bridgehead atoms. The number of amides is 2. The summed E-state index contributed by atoms with van der Waals surface area (Å²) in [6.07, 6.45) is 0. The molecule has 1 heterocycles. The number of nitrogens with one attached hydrogen (secondary N) is 2. The number of halogens is 1. The van der Waals surface area contributed by atoms with E-state index in [1.807, 2.05) is 32.0 Å². The fourth-order valence-electron chi connectivity index (χ4n) is 3.80.